The van der Waals surface area contributed by atoms with Crippen molar-refractivity contribution in [2.75, 3.05) is 0 Å². The van der Waals surface area contributed by atoms with Gasteiger partial charge in [-0.25, -0.2) is 4.39 Å². The first kappa shape index (κ1) is 13.7. The van der Waals surface area contributed by atoms with Crippen molar-refractivity contribution in [1.29, 1.82) is 0 Å². The van der Waals surface area contributed by atoms with Crippen molar-refractivity contribution in [2.45, 2.75) is 32.4 Å². The molecule has 1 aliphatic carbocycles. The molecule has 0 atom stereocenters. The predicted octanol–water partition coefficient (Wildman–Crippen LogP) is 3.33. The molecule has 3 rings (SSSR count). The first-order chi connectivity index (χ1) is 10.1. The van der Waals surface area contributed by atoms with Crippen molar-refractivity contribution in [1.82, 2.24) is 9.88 Å². The van der Waals surface area contributed by atoms with E-state index in [2.05, 4.69) is 4.98 Å². The SMILES string of the molecule is Cc1ccc(C(=O)N(Cc2ccccn2)C2CC2)cc1F. The van der Waals surface area contributed by atoms with Crippen LogP contribution in [0.25, 0.3) is 0 Å². The number of hydrogen-bond acceptors (Lipinski definition) is 2. The second kappa shape index (κ2) is 5.64. The fourth-order valence-corrected chi connectivity index (χ4v) is 2.31. The van der Waals surface area contributed by atoms with Gasteiger partial charge in [0, 0.05) is 17.8 Å². The fraction of sp³-hybridized carbons (Fsp3) is 0.294. The molecule has 0 bridgehead atoms. The summed E-state index contributed by atoms with van der Waals surface area (Å²) >= 11 is 0. The van der Waals surface area contributed by atoms with Crippen LogP contribution >= 0.6 is 0 Å². The maximum Gasteiger partial charge on any atom is 0.254 e. The number of pyridine rings is 1. The third-order valence-electron chi connectivity index (χ3n) is 3.73. The number of carbonyl (C=O) groups excluding carboxylic acids is 1. The summed E-state index contributed by atoms with van der Waals surface area (Å²) in [6.07, 6.45) is 3.73. The number of aryl methyl sites for hydroxylation is 1. The van der Waals surface area contributed by atoms with Crippen LogP contribution in [-0.4, -0.2) is 21.8 Å². The number of halogens is 1. The second-order valence-corrected chi connectivity index (χ2v) is 5.45. The number of aromatic nitrogens is 1. The average molecular weight is 284 g/mol. The summed E-state index contributed by atoms with van der Waals surface area (Å²) < 4.78 is 13.7. The highest BCUT2D eigenvalue weighted by Crippen LogP contribution is 2.29. The monoisotopic (exact) mass is 284 g/mol. The minimum atomic E-state index is -0.338. The van der Waals surface area contributed by atoms with Gasteiger partial charge in [-0.05, 0) is 49.6 Å². The van der Waals surface area contributed by atoms with E-state index in [0.717, 1.165) is 18.5 Å². The van der Waals surface area contributed by atoms with Crippen molar-refractivity contribution in [3.05, 3.63) is 65.2 Å². The minimum absolute atomic E-state index is 0.123. The minimum Gasteiger partial charge on any atom is -0.330 e. The van der Waals surface area contributed by atoms with Crippen molar-refractivity contribution in [3.8, 4) is 0 Å². The van der Waals surface area contributed by atoms with E-state index in [9.17, 15) is 9.18 Å². The molecule has 0 radical (unpaired) electrons. The van der Waals surface area contributed by atoms with Gasteiger partial charge < -0.3 is 4.90 Å². The Kier molecular flexibility index (Phi) is 3.69. The molecule has 1 fully saturated rings. The molecule has 1 aromatic carbocycles. The summed E-state index contributed by atoms with van der Waals surface area (Å²) in [4.78, 5) is 18.7. The van der Waals surface area contributed by atoms with Crippen LogP contribution in [0.2, 0.25) is 0 Å². The van der Waals surface area contributed by atoms with Gasteiger partial charge in [-0.1, -0.05) is 12.1 Å². The van der Waals surface area contributed by atoms with Gasteiger partial charge in [0.05, 0.1) is 12.2 Å². The molecule has 1 aromatic heterocycles. The molecule has 0 N–H and O–H groups in total. The van der Waals surface area contributed by atoms with Crippen molar-refractivity contribution >= 4 is 5.91 Å². The molecule has 0 unspecified atom stereocenters. The van der Waals surface area contributed by atoms with Gasteiger partial charge in [0.1, 0.15) is 5.82 Å². The van der Waals surface area contributed by atoms with Crippen molar-refractivity contribution in [3.63, 3.8) is 0 Å². The lowest BCUT2D eigenvalue weighted by atomic mass is 10.1. The maximum atomic E-state index is 13.7. The van der Waals surface area contributed by atoms with E-state index in [0.29, 0.717) is 17.7 Å². The number of hydrogen-bond donors (Lipinski definition) is 0. The van der Waals surface area contributed by atoms with Gasteiger partial charge >= 0.3 is 0 Å². The predicted molar refractivity (Wildman–Crippen MR) is 78.3 cm³/mol. The van der Waals surface area contributed by atoms with Crippen LogP contribution in [0.3, 0.4) is 0 Å². The summed E-state index contributed by atoms with van der Waals surface area (Å²) in [6.45, 7) is 2.16. The molecule has 1 aliphatic rings. The summed E-state index contributed by atoms with van der Waals surface area (Å²) in [6, 6.07) is 10.6. The summed E-state index contributed by atoms with van der Waals surface area (Å²) in [7, 11) is 0. The highest BCUT2D eigenvalue weighted by Gasteiger charge is 2.33. The second-order valence-electron chi connectivity index (χ2n) is 5.45. The van der Waals surface area contributed by atoms with Crippen LogP contribution < -0.4 is 0 Å². The zero-order chi connectivity index (χ0) is 14.8. The molecule has 2 aromatic rings. The van der Waals surface area contributed by atoms with E-state index in [1.54, 1.807) is 30.2 Å². The molecule has 1 saturated carbocycles. The summed E-state index contributed by atoms with van der Waals surface area (Å²) in [5.41, 5.74) is 1.81. The fourth-order valence-electron chi connectivity index (χ4n) is 2.31. The van der Waals surface area contributed by atoms with Crippen molar-refractivity contribution in [2.24, 2.45) is 0 Å². The standard InChI is InChI=1S/C17H17FN2O/c1-12-5-6-13(10-16(12)18)17(21)20(15-7-8-15)11-14-4-2-3-9-19-14/h2-6,9-10,15H,7-8,11H2,1H3. The largest absolute Gasteiger partial charge is 0.330 e. The highest BCUT2D eigenvalue weighted by atomic mass is 19.1. The normalized spacial score (nSPS) is 14.0. The van der Waals surface area contributed by atoms with Crippen LogP contribution in [0.1, 0.15) is 34.5 Å². The Labute approximate surface area is 123 Å². The average Bonchev–Trinajstić information content (AvgIpc) is 3.33. The van der Waals surface area contributed by atoms with Crippen LogP contribution in [0, 0.1) is 12.7 Å². The molecule has 0 saturated heterocycles. The zero-order valence-corrected chi connectivity index (χ0v) is 11.9. The summed E-state index contributed by atoms with van der Waals surface area (Å²) in [5, 5.41) is 0. The van der Waals surface area contributed by atoms with E-state index in [1.165, 1.54) is 6.07 Å². The molecular formula is C17H17FN2O. The van der Waals surface area contributed by atoms with E-state index in [4.69, 9.17) is 0 Å². The van der Waals surface area contributed by atoms with E-state index in [1.807, 2.05) is 18.2 Å². The Morgan fingerprint density at radius 2 is 2.14 bits per heavy atom. The summed E-state index contributed by atoms with van der Waals surface area (Å²) in [5.74, 6) is -0.462. The Bertz CT molecular complexity index is 653. The quantitative estimate of drug-likeness (QED) is 0.862. The topological polar surface area (TPSA) is 33.2 Å². The molecule has 108 valence electrons. The van der Waals surface area contributed by atoms with E-state index < -0.39 is 0 Å². The molecule has 3 nitrogen and oxygen atoms in total. The Balaban J connectivity index is 1.83. The lowest BCUT2D eigenvalue weighted by Crippen LogP contribution is -2.33. The molecule has 21 heavy (non-hydrogen) atoms. The maximum absolute atomic E-state index is 13.7. The number of benzene rings is 1. The molecule has 1 amide bonds. The number of carbonyl (C=O) groups is 1. The third-order valence-corrected chi connectivity index (χ3v) is 3.73. The van der Waals surface area contributed by atoms with Gasteiger partial charge in [-0.2, -0.15) is 0 Å². The van der Waals surface area contributed by atoms with Crippen LogP contribution in [0.15, 0.2) is 42.6 Å². The lowest BCUT2D eigenvalue weighted by molar-refractivity contribution is 0.0727. The van der Waals surface area contributed by atoms with E-state index >= 15 is 0 Å². The van der Waals surface area contributed by atoms with Crippen LogP contribution in [-0.2, 0) is 6.54 Å². The molecule has 4 heteroatoms. The Hall–Kier alpha value is -2.23. The third kappa shape index (κ3) is 3.10. The number of amides is 1. The lowest BCUT2D eigenvalue weighted by Gasteiger charge is -2.22. The highest BCUT2D eigenvalue weighted by molar-refractivity contribution is 5.94. The van der Waals surface area contributed by atoms with Crippen molar-refractivity contribution < 1.29 is 9.18 Å². The molecule has 1 heterocycles. The molecule has 0 aliphatic heterocycles. The first-order valence-corrected chi connectivity index (χ1v) is 7.12. The smallest absolute Gasteiger partial charge is 0.254 e. The number of nitrogens with zero attached hydrogens (tertiary/aromatic N) is 2. The van der Waals surface area contributed by atoms with Gasteiger partial charge in [0.2, 0.25) is 0 Å². The molecule has 0 spiro atoms. The Morgan fingerprint density at radius 3 is 2.76 bits per heavy atom. The number of rotatable bonds is 4. The van der Waals surface area contributed by atoms with E-state index in [-0.39, 0.29) is 17.8 Å². The van der Waals surface area contributed by atoms with Gasteiger partial charge in [0.15, 0.2) is 0 Å². The Morgan fingerprint density at radius 1 is 1.33 bits per heavy atom. The van der Waals surface area contributed by atoms with Crippen LogP contribution in [0.4, 0.5) is 4.39 Å². The van der Waals surface area contributed by atoms with Crippen LogP contribution in [0.5, 0.6) is 0 Å². The van der Waals surface area contributed by atoms with Gasteiger partial charge in [0.25, 0.3) is 5.91 Å². The zero-order valence-electron chi connectivity index (χ0n) is 11.9. The first-order valence-electron chi connectivity index (χ1n) is 7.12. The van der Waals surface area contributed by atoms with Gasteiger partial charge in [-0.15, -0.1) is 0 Å². The van der Waals surface area contributed by atoms with Gasteiger partial charge in [-0.3, -0.25) is 9.78 Å². The molecular weight excluding hydrogens is 267 g/mol.